The molecule has 5 nitrogen and oxygen atoms in total. The Morgan fingerprint density at radius 2 is 2.53 bits per heavy atom. The van der Waals surface area contributed by atoms with E-state index in [0.29, 0.717) is 5.75 Å². The summed E-state index contributed by atoms with van der Waals surface area (Å²) in [5.74, 6) is -0.482. The highest BCUT2D eigenvalue weighted by atomic mass is 32.2. The third kappa shape index (κ3) is 1.98. The smallest absolute Gasteiger partial charge is 0.351 e. The van der Waals surface area contributed by atoms with Crippen molar-refractivity contribution in [2.24, 2.45) is 0 Å². The van der Waals surface area contributed by atoms with Crippen LogP contribution in [0.5, 0.6) is 0 Å². The maximum absolute atomic E-state index is 13.1. The maximum Gasteiger partial charge on any atom is 0.351 e. The minimum Gasteiger partial charge on any atom is -0.381 e. The number of thioether (sulfide) groups is 1. The summed E-state index contributed by atoms with van der Waals surface area (Å²) in [6.45, 7) is 1.87. The molecule has 82 valence electrons. The summed E-state index contributed by atoms with van der Waals surface area (Å²) in [6, 6.07) is 0. The number of nitrogen functional groups attached to an aromatic ring is 1. The van der Waals surface area contributed by atoms with E-state index in [0.717, 1.165) is 10.8 Å². The quantitative estimate of drug-likeness (QED) is 0.765. The molecule has 1 aliphatic heterocycles. The number of aromatic nitrogens is 2. The number of rotatable bonds is 1. The molecule has 2 rings (SSSR count). The Labute approximate surface area is 89.4 Å². The molecule has 0 aromatic carbocycles. The molecule has 2 heterocycles. The van der Waals surface area contributed by atoms with Gasteiger partial charge in [0.1, 0.15) is 11.7 Å². The van der Waals surface area contributed by atoms with Crippen LogP contribution in [0.2, 0.25) is 0 Å². The van der Waals surface area contributed by atoms with Crippen LogP contribution >= 0.6 is 11.8 Å². The van der Waals surface area contributed by atoms with Gasteiger partial charge in [-0.2, -0.15) is 4.98 Å². The molecular weight excluding hydrogens is 221 g/mol. The lowest BCUT2D eigenvalue weighted by atomic mass is 10.5. The zero-order valence-corrected chi connectivity index (χ0v) is 8.83. The van der Waals surface area contributed by atoms with E-state index in [1.807, 2.05) is 6.92 Å². The summed E-state index contributed by atoms with van der Waals surface area (Å²) in [5.41, 5.74) is 4.58. The highest BCUT2D eigenvalue weighted by molar-refractivity contribution is 7.99. The molecule has 7 heteroatoms. The molecule has 0 spiro atoms. The molecular formula is C8H10FN3O2S. The van der Waals surface area contributed by atoms with Crippen LogP contribution in [0.4, 0.5) is 10.2 Å². The molecule has 0 radical (unpaired) electrons. The van der Waals surface area contributed by atoms with Crippen molar-refractivity contribution in [3.63, 3.8) is 0 Å². The van der Waals surface area contributed by atoms with E-state index < -0.39 is 17.7 Å². The van der Waals surface area contributed by atoms with Crippen molar-refractivity contribution >= 4 is 17.6 Å². The highest BCUT2D eigenvalue weighted by Crippen LogP contribution is 2.30. The predicted octanol–water partition coefficient (Wildman–Crippen LogP) is 0.573. The number of hydrogen-bond acceptors (Lipinski definition) is 5. The van der Waals surface area contributed by atoms with Gasteiger partial charge in [-0.05, 0) is 6.92 Å². The summed E-state index contributed by atoms with van der Waals surface area (Å²) < 4.78 is 19.6. The summed E-state index contributed by atoms with van der Waals surface area (Å²) in [5, 5.41) is 0. The fourth-order valence-electron chi connectivity index (χ4n) is 1.33. The number of anilines is 1. The zero-order valence-electron chi connectivity index (χ0n) is 8.01. The first kappa shape index (κ1) is 10.4. The topological polar surface area (TPSA) is 70.1 Å². The number of nitrogens with two attached hydrogens (primary N) is 1. The Morgan fingerprint density at radius 3 is 3.13 bits per heavy atom. The molecule has 1 aliphatic rings. The van der Waals surface area contributed by atoms with Crippen molar-refractivity contribution in [3.05, 3.63) is 22.5 Å². The Hall–Kier alpha value is -1.08. The molecule has 15 heavy (non-hydrogen) atoms. The first-order valence-electron chi connectivity index (χ1n) is 4.39. The second kappa shape index (κ2) is 3.82. The van der Waals surface area contributed by atoms with Crippen LogP contribution in [-0.2, 0) is 4.74 Å². The normalized spacial score (nSPS) is 25.7. The SMILES string of the molecule is C[C@@H]1O[C@H](n2cc(F)c(N)nc2=O)CS1. The second-order valence-corrected chi connectivity index (χ2v) is 4.49. The molecule has 0 unspecified atom stereocenters. The van der Waals surface area contributed by atoms with E-state index in [2.05, 4.69) is 4.98 Å². The van der Waals surface area contributed by atoms with Crippen molar-refractivity contribution in [1.29, 1.82) is 0 Å². The van der Waals surface area contributed by atoms with Gasteiger partial charge < -0.3 is 10.5 Å². The average Bonchev–Trinajstić information content (AvgIpc) is 2.58. The summed E-state index contributed by atoms with van der Waals surface area (Å²) in [4.78, 5) is 14.8. The molecule has 1 aromatic rings. The fraction of sp³-hybridized carbons (Fsp3) is 0.500. The standard InChI is InChI=1S/C8H10FN3O2S/c1-4-14-6(3-15-4)12-2-5(9)7(10)11-8(12)13/h2,4,6H,3H2,1H3,(H2,10,11,13)/t4-,6+/m1/s1. The predicted molar refractivity (Wildman–Crippen MR) is 54.9 cm³/mol. The minimum absolute atomic E-state index is 0.00233. The van der Waals surface area contributed by atoms with Crippen LogP contribution in [0.1, 0.15) is 13.2 Å². The fourth-order valence-corrected chi connectivity index (χ4v) is 2.21. The van der Waals surface area contributed by atoms with Gasteiger partial charge in [0.05, 0.1) is 6.20 Å². The first-order valence-corrected chi connectivity index (χ1v) is 5.44. The van der Waals surface area contributed by atoms with Gasteiger partial charge in [-0.25, -0.2) is 9.18 Å². The van der Waals surface area contributed by atoms with Gasteiger partial charge in [0.2, 0.25) is 0 Å². The van der Waals surface area contributed by atoms with Gasteiger partial charge in [-0.15, -0.1) is 11.8 Å². The van der Waals surface area contributed by atoms with Crippen LogP contribution < -0.4 is 11.4 Å². The van der Waals surface area contributed by atoms with Gasteiger partial charge >= 0.3 is 5.69 Å². The van der Waals surface area contributed by atoms with Crippen molar-refractivity contribution in [1.82, 2.24) is 9.55 Å². The van der Waals surface area contributed by atoms with Crippen molar-refractivity contribution in [3.8, 4) is 0 Å². The van der Waals surface area contributed by atoms with E-state index in [9.17, 15) is 9.18 Å². The van der Waals surface area contributed by atoms with E-state index in [1.165, 1.54) is 0 Å². The molecule has 2 atom stereocenters. The lowest BCUT2D eigenvalue weighted by Crippen LogP contribution is -2.29. The summed E-state index contributed by atoms with van der Waals surface area (Å²) >= 11 is 1.56. The van der Waals surface area contributed by atoms with Gasteiger partial charge in [0, 0.05) is 5.75 Å². The van der Waals surface area contributed by atoms with E-state index in [1.54, 1.807) is 11.8 Å². The maximum atomic E-state index is 13.1. The molecule has 2 N–H and O–H groups in total. The third-order valence-electron chi connectivity index (χ3n) is 2.07. The van der Waals surface area contributed by atoms with E-state index in [-0.39, 0.29) is 11.3 Å². The van der Waals surface area contributed by atoms with Gasteiger partial charge in [-0.3, -0.25) is 4.57 Å². The number of ether oxygens (including phenoxy) is 1. The molecule has 1 fully saturated rings. The number of halogens is 1. The molecule has 0 bridgehead atoms. The summed E-state index contributed by atoms with van der Waals surface area (Å²) in [7, 11) is 0. The molecule has 1 aromatic heterocycles. The number of hydrogen-bond donors (Lipinski definition) is 1. The Balaban J connectivity index is 2.36. The molecule has 0 amide bonds. The Bertz CT molecular complexity index is 436. The lowest BCUT2D eigenvalue weighted by molar-refractivity contribution is 0.0230. The second-order valence-electron chi connectivity index (χ2n) is 3.16. The van der Waals surface area contributed by atoms with Gasteiger partial charge in [0.15, 0.2) is 11.6 Å². The third-order valence-corrected chi connectivity index (χ3v) is 3.12. The number of nitrogens with zero attached hydrogens (tertiary/aromatic N) is 2. The Kier molecular flexibility index (Phi) is 2.66. The highest BCUT2D eigenvalue weighted by Gasteiger charge is 2.25. The zero-order chi connectivity index (χ0) is 11.0. The van der Waals surface area contributed by atoms with Crippen LogP contribution in [0, 0.1) is 5.82 Å². The lowest BCUT2D eigenvalue weighted by Gasteiger charge is -2.12. The van der Waals surface area contributed by atoms with Crippen molar-refractivity contribution in [2.75, 3.05) is 11.5 Å². The van der Waals surface area contributed by atoms with Crippen LogP contribution in [0.15, 0.2) is 11.0 Å². The first-order chi connectivity index (χ1) is 7.08. The molecule has 0 aliphatic carbocycles. The Morgan fingerprint density at radius 1 is 1.80 bits per heavy atom. The minimum atomic E-state index is -0.706. The van der Waals surface area contributed by atoms with Crippen LogP contribution in [-0.4, -0.2) is 20.7 Å². The van der Waals surface area contributed by atoms with Crippen LogP contribution in [0.25, 0.3) is 0 Å². The molecule has 0 saturated carbocycles. The largest absolute Gasteiger partial charge is 0.381 e. The van der Waals surface area contributed by atoms with Crippen molar-refractivity contribution < 1.29 is 9.13 Å². The summed E-state index contributed by atoms with van der Waals surface area (Å²) in [6.07, 6.45) is 0.577. The monoisotopic (exact) mass is 231 g/mol. The average molecular weight is 231 g/mol. The van der Waals surface area contributed by atoms with E-state index >= 15 is 0 Å². The van der Waals surface area contributed by atoms with Gasteiger partial charge in [-0.1, -0.05) is 0 Å². The van der Waals surface area contributed by atoms with E-state index in [4.69, 9.17) is 10.5 Å². The molecule has 1 saturated heterocycles. The van der Waals surface area contributed by atoms with Crippen molar-refractivity contribution in [2.45, 2.75) is 18.6 Å². The van der Waals surface area contributed by atoms with Gasteiger partial charge in [0.25, 0.3) is 0 Å². The van der Waals surface area contributed by atoms with Crippen LogP contribution in [0.3, 0.4) is 0 Å².